The smallest absolute Gasteiger partial charge is 0.192 e. The van der Waals surface area contributed by atoms with E-state index in [9.17, 15) is 0 Å². The van der Waals surface area contributed by atoms with Crippen LogP contribution in [-0.2, 0) is 15.3 Å². The molecule has 0 aromatic heterocycles. The van der Waals surface area contributed by atoms with E-state index in [1.807, 2.05) is 6.92 Å². The number of benzene rings is 1. The second kappa shape index (κ2) is 3.86. The maximum absolute atomic E-state index is 5.78. The van der Waals surface area contributed by atoms with Crippen molar-refractivity contribution >= 4 is 0 Å². The molecule has 2 rings (SSSR count). The standard InChI is InChI=1S/C14H20O2/c1-9-8-10(2)12(4)13(11(9)3)14(5)15-6-7-16-14/h8H,6-7H2,1-5H3. The van der Waals surface area contributed by atoms with Gasteiger partial charge in [0.1, 0.15) is 0 Å². The Morgan fingerprint density at radius 3 is 1.81 bits per heavy atom. The molecule has 1 aliphatic heterocycles. The Labute approximate surface area is 97.6 Å². The molecule has 0 spiro atoms. The van der Waals surface area contributed by atoms with E-state index in [4.69, 9.17) is 9.47 Å². The van der Waals surface area contributed by atoms with Crippen molar-refractivity contribution in [2.24, 2.45) is 0 Å². The molecule has 1 aromatic carbocycles. The number of ether oxygens (including phenoxy) is 2. The molecular weight excluding hydrogens is 200 g/mol. The fourth-order valence-corrected chi connectivity index (χ4v) is 2.56. The summed E-state index contributed by atoms with van der Waals surface area (Å²) in [6.45, 7) is 12.0. The van der Waals surface area contributed by atoms with E-state index in [-0.39, 0.29) is 0 Å². The predicted octanol–water partition coefficient (Wildman–Crippen LogP) is 3.14. The molecule has 0 saturated carbocycles. The largest absolute Gasteiger partial charge is 0.344 e. The average Bonchev–Trinajstić information content (AvgIpc) is 2.63. The Bertz CT molecular complexity index is 389. The highest BCUT2D eigenvalue weighted by atomic mass is 16.7. The number of aryl methyl sites for hydroxylation is 2. The fraction of sp³-hybridized carbons (Fsp3) is 0.571. The number of hydrogen-bond donors (Lipinski definition) is 0. The van der Waals surface area contributed by atoms with Gasteiger partial charge in [0.15, 0.2) is 5.79 Å². The summed E-state index contributed by atoms with van der Waals surface area (Å²) in [6, 6.07) is 2.23. The molecule has 0 unspecified atom stereocenters. The van der Waals surface area contributed by atoms with Crippen LogP contribution in [0.25, 0.3) is 0 Å². The molecule has 0 aliphatic carbocycles. The van der Waals surface area contributed by atoms with Gasteiger partial charge in [-0.3, -0.25) is 0 Å². The maximum Gasteiger partial charge on any atom is 0.192 e. The predicted molar refractivity (Wildman–Crippen MR) is 64.6 cm³/mol. The molecular formula is C14H20O2. The molecule has 1 saturated heterocycles. The van der Waals surface area contributed by atoms with Crippen LogP contribution in [0, 0.1) is 27.7 Å². The van der Waals surface area contributed by atoms with Gasteiger partial charge in [-0.1, -0.05) is 6.07 Å². The van der Waals surface area contributed by atoms with Crippen molar-refractivity contribution in [2.75, 3.05) is 13.2 Å². The zero-order valence-corrected chi connectivity index (χ0v) is 10.8. The zero-order chi connectivity index (χ0) is 11.9. The fourth-order valence-electron chi connectivity index (χ4n) is 2.56. The van der Waals surface area contributed by atoms with Crippen molar-refractivity contribution < 1.29 is 9.47 Å². The third-order valence-electron chi connectivity index (χ3n) is 3.66. The highest BCUT2D eigenvalue weighted by molar-refractivity contribution is 5.46. The van der Waals surface area contributed by atoms with Gasteiger partial charge in [0.05, 0.1) is 13.2 Å². The van der Waals surface area contributed by atoms with Crippen molar-refractivity contribution in [3.8, 4) is 0 Å². The summed E-state index contributed by atoms with van der Waals surface area (Å²) < 4.78 is 11.6. The third-order valence-corrected chi connectivity index (χ3v) is 3.66. The molecule has 2 nitrogen and oxygen atoms in total. The molecule has 1 aliphatic rings. The summed E-state index contributed by atoms with van der Waals surface area (Å²) >= 11 is 0. The number of hydrogen-bond acceptors (Lipinski definition) is 2. The normalized spacial score (nSPS) is 19.1. The van der Waals surface area contributed by atoms with E-state index in [0.717, 1.165) is 0 Å². The summed E-state index contributed by atoms with van der Waals surface area (Å²) in [4.78, 5) is 0. The maximum atomic E-state index is 5.78. The Hall–Kier alpha value is -0.860. The summed E-state index contributed by atoms with van der Waals surface area (Å²) in [5.74, 6) is -0.551. The minimum atomic E-state index is -0.551. The van der Waals surface area contributed by atoms with E-state index in [2.05, 4.69) is 33.8 Å². The molecule has 0 N–H and O–H groups in total. The van der Waals surface area contributed by atoms with Gasteiger partial charge in [0.2, 0.25) is 0 Å². The van der Waals surface area contributed by atoms with Crippen molar-refractivity contribution in [3.63, 3.8) is 0 Å². The first kappa shape index (κ1) is 11.6. The van der Waals surface area contributed by atoms with Crippen LogP contribution in [0.2, 0.25) is 0 Å². The van der Waals surface area contributed by atoms with Crippen molar-refractivity contribution in [1.82, 2.24) is 0 Å². The number of rotatable bonds is 1. The van der Waals surface area contributed by atoms with Crippen molar-refractivity contribution in [1.29, 1.82) is 0 Å². The second-order valence-corrected chi connectivity index (χ2v) is 4.78. The van der Waals surface area contributed by atoms with E-state index in [0.29, 0.717) is 13.2 Å². The van der Waals surface area contributed by atoms with Crippen LogP contribution in [-0.4, -0.2) is 13.2 Å². The summed E-state index contributed by atoms with van der Waals surface area (Å²) in [6.07, 6.45) is 0. The molecule has 1 fully saturated rings. The van der Waals surface area contributed by atoms with Crippen LogP contribution in [0.15, 0.2) is 6.07 Å². The van der Waals surface area contributed by atoms with Crippen molar-refractivity contribution in [2.45, 2.75) is 40.4 Å². The lowest BCUT2D eigenvalue weighted by Crippen LogP contribution is -2.25. The van der Waals surface area contributed by atoms with Crippen molar-refractivity contribution in [3.05, 3.63) is 33.9 Å². The molecule has 0 atom stereocenters. The lowest BCUT2D eigenvalue weighted by molar-refractivity contribution is -0.150. The molecule has 88 valence electrons. The Kier molecular flexibility index (Phi) is 2.81. The molecule has 0 bridgehead atoms. The van der Waals surface area contributed by atoms with Gasteiger partial charge < -0.3 is 9.47 Å². The first-order chi connectivity index (χ1) is 7.46. The molecule has 0 amide bonds. The zero-order valence-electron chi connectivity index (χ0n) is 10.8. The third kappa shape index (κ3) is 1.66. The second-order valence-electron chi connectivity index (χ2n) is 4.78. The van der Waals surface area contributed by atoms with Gasteiger partial charge in [-0.2, -0.15) is 0 Å². The van der Waals surface area contributed by atoms with E-state index in [1.54, 1.807) is 0 Å². The SMILES string of the molecule is Cc1cc(C)c(C)c(C2(C)OCCO2)c1C. The van der Waals surface area contributed by atoms with Crippen LogP contribution < -0.4 is 0 Å². The van der Waals surface area contributed by atoms with Crippen LogP contribution in [0.1, 0.15) is 34.7 Å². The van der Waals surface area contributed by atoms with Crippen LogP contribution >= 0.6 is 0 Å². The topological polar surface area (TPSA) is 18.5 Å². The Morgan fingerprint density at radius 2 is 1.38 bits per heavy atom. The Balaban J connectivity index is 2.63. The van der Waals surface area contributed by atoms with Gasteiger partial charge in [0, 0.05) is 5.56 Å². The minimum absolute atomic E-state index is 0.551. The van der Waals surface area contributed by atoms with Crippen LogP contribution in [0.4, 0.5) is 0 Å². The van der Waals surface area contributed by atoms with E-state index >= 15 is 0 Å². The molecule has 16 heavy (non-hydrogen) atoms. The molecule has 1 heterocycles. The minimum Gasteiger partial charge on any atom is -0.344 e. The van der Waals surface area contributed by atoms with Gasteiger partial charge in [0.25, 0.3) is 0 Å². The van der Waals surface area contributed by atoms with E-state index < -0.39 is 5.79 Å². The van der Waals surface area contributed by atoms with Gasteiger partial charge in [-0.15, -0.1) is 0 Å². The first-order valence-corrected chi connectivity index (χ1v) is 5.81. The first-order valence-electron chi connectivity index (χ1n) is 5.81. The lowest BCUT2D eigenvalue weighted by atomic mass is 9.89. The van der Waals surface area contributed by atoms with E-state index in [1.165, 1.54) is 27.8 Å². The molecule has 0 radical (unpaired) electrons. The monoisotopic (exact) mass is 220 g/mol. The highest BCUT2D eigenvalue weighted by Crippen LogP contribution is 2.37. The van der Waals surface area contributed by atoms with Gasteiger partial charge in [-0.25, -0.2) is 0 Å². The Morgan fingerprint density at radius 1 is 0.938 bits per heavy atom. The average molecular weight is 220 g/mol. The lowest BCUT2D eigenvalue weighted by Gasteiger charge is -2.28. The summed E-state index contributed by atoms with van der Waals surface area (Å²) in [7, 11) is 0. The molecule has 2 heteroatoms. The summed E-state index contributed by atoms with van der Waals surface area (Å²) in [5, 5.41) is 0. The van der Waals surface area contributed by atoms with Crippen LogP contribution in [0.3, 0.4) is 0 Å². The van der Waals surface area contributed by atoms with Gasteiger partial charge in [-0.05, 0) is 56.9 Å². The van der Waals surface area contributed by atoms with Gasteiger partial charge >= 0.3 is 0 Å². The van der Waals surface area contributed by atoms with Crippen LogP contribution in [0.5, 0.6) is 0 Å². The quantitative estimate of drug-likeness (QED) is 0.724. The summed E-state index contributed by atoms with van der Waals surface area (Å²) in [5.41, 5.74) is 6.39. The highest BCUT2D eigenvalue weighted by Gasteiger charge is 2.36. The molecule has 1 aromatic rings.